The number of aliphatic hydroxyl groups excluding tert-OH is 2. The third kappa shape index (κ3) is 1.97. The van der Waals surface area contributed by atoms with Gasteiger partial charge in [-0.25, -0.2) is 0 Å². The number of hydrogen-bond donors (Lipinski definition) is 4. The number of benzene rings is 2. The molecule has 0 unspecified atom stereocenters. The molecule has 8 atom stereocenters. The lowest BCUT2D eigenvalue weighted by Crippen LogP contribution is -2.62. The Morgan fingerprint density at radius 3 is 1.30 bits per heavy atom. The summed E-state index contributed by atoms with van der Waals surface area (Å²) in [4.78, 5) is 58.8. The molecule has 4 saturated carbocycles. The summed E-state index contributed by atoms with van der Waals surface area (Å²) in [5.41, 5.74) is -2.92. The fourth-order valence-electron chi connectivity index (χ4n) is 10.5. The summed E-state index contributed by atoms with van der Waals surface area (Å²) in [6.07, 6.45) is 0. The van der Waals surface area contributed by atoms with Crippen molar-refractivity contribution in [2.45, 2.75) is 27.7 Å². The van der Waals surface area contributed by atoms with E-state index in [4.69, 9.17) is 0 Å². The van der Waals surface area contributed by atoms with Gasteiger partial charge in [0.25, 0.3) is 0 Å². The van der Waals surface area contributed by atoms with Gasteiger partial charge in [0, 0.05) is 23.0 Å². The molecule has 0 aliphatic heterocycles. The first kappa shape index (κ1) is 23.7. The molecule has 6 aliphatic carbocycles. The number of Topliss-reactive ketones (excluding diaryl/α,β-unsaturated/α-hetero) is 4. The first-order valence-electron chi connectivity index (χ1n) is 13.6. The molecule has 2 aromatic rings. The number of phenolic OH excluding ortho intramolecular Hbond substituents is 2. The number of carbonyl (C=O) groups excluding carboxylic acids is 4. The van der Waals surface area contributed by atoms with Crippen LogP contribution in [0.4, 0.5) is 0 Å². The molecule has 0 radical (unpaired) electrons. The summed E-state index contributed by atoms with van der Waals surface area (Å²) in [7, 11) is 0. The topological polar surface area (TPSA) is 149 Å². The van der Waals surface area contributed by atoms with Crippen molar-refractivity contribution < 1.29 is 39.6 Å². The molecule has 40 heavy (non-hydrogen) atoms. The quantitative estimate of drug-likeness (QED) is 0.389. The zero-order valence-corrected chi connectivity index (χ0v) is 22.2. The second-order valence-electron chi connectivity index (χ2n) is 12.7. The van der Waals surface area contributed by atoms with Crippen molar-refractivity contribution in [1.29, 1.82) is 0 Å². The lowest BCUT2D eigenvalue weighted by Gasteiger charge is -2.54. The van der Waals surface area contributed by atoms with Crippen molar-refractivity contribution in [1.82, 2.24) is 0 Å². The summed E-state index contributed by atoms with van der Waals surface area (Å²) in [5.74, 6) is -8.56. The number of allylic oxidation sites excluding steroid dienone is 2. The van der Waals surface area contributed by atoms with Gasteiger partial charge in [0.2, 0.25) is 0 Å². The number of aromatic hydroxyl groups is 2. The fourth-order valence-corrected chi connectivity index (χ4v) is 10.5. The number of hydrogen-bond acceptors (Lipinski definition) is 8. The van der Waals surface area contributed by atoms with Gasteiger partial charge in [0.15, 0.2) is 23.1 Å². The largest absolute Gasteiger partial charge is 0.507 e. The Labute approximate surface area is 228 Å². The van der Waals surface area contributed by atoms with Crippen LogP contribution in [0.2, 0.25) is 0 Å². The van der Waals surface area contributed by atoms with E-state index in [0.29, 0.717) is 11.1 Å². The van der Waals surface area contributed by atoms with Gasteiger partial charge in [-0.2, -0.15) is 0 Å². The Bertz CT molecular complexity index is 1680. The normalized spacial score (nSPS) is 38.1. The molecule has 4 bridgehead atoms. The second-order valence-corrected chi connectivity index (χ2v) is 12.7. The number of rotatable bonds is 0. The Balaban J connectivity index is 1.55. The summed E-state index contributed by atoms with van der Waals surface area (Å²) in [6, 6.07) is 5.90. The molecule has 2 aromatic carbocycles. The zero-order chi connectivity index (χ0) is 28.5. The maximum absolute atomic E-state index is 14.8. The van der Waals surface area contributed by atoms with Crippen molar-refractivity contribution in [3.63, 3.8) is 0 Å². The van der Waals surface area contributed by atoms with E-state index in [0.717, 1.165) is 0 Å². The van der Waals surface area contributed by atoms with Crippen molar-refractivity contribution in [2.75, 3.05) is 0 Å². The van der Waals surface area contributed by atoms with Crippen LogP contribution in [0, 0.1) is 60.2 Å². The smallest absolute Gasteiger partial charge is 0.175 e. The third-order valence-corrected chi connectivity index (χ3v) is 11.2. The monoisotopic (exact) mass is 538 g/mol. The van der Waals surface area contributed by atoms with Crippen LogP contribution in [0.3, 0.4) is 0 Å². The molecule has 202 valence electrons. The molecule has 8 rings (SSSR count). The van der Waals surface area contributed by atoms with Gasteiger partial charge in [-0.3, -0.25) is 19.2 Å². The fraction of sp³-hybridized carbons (Fsp3) is 0.375. The number of carbonyl (C=O) groups is 4. The van der Waals surface area contributed by atoms with Crippen molar-refractivity contribution in [2.24, 2.45) is 46.3 Å². The summed E-state index contributed by atoms with van der Waals surface area (Å²) in [6.45, 7) is 7.02. The molecule has 0 heterocycles. The Morgan fingerprint density at radius 2 is 0.950 bits per heavy atom. The lowest BCUT2D eigenvalue weighted by molar-refractivity contribution is -0.135. The molecular weight excluding hydrogens is 512 g/mol. The van der Waals surface area contributed by atoms with Crippen LogP contribution in [-0.4, -0.2) is 43.6 Å². The van der Waals surface area contributed by atoms with Gasteiger partial charge >= 0.3 is 0 Å². The van der Waals surface area contributed by atoms with Crippen molar-refractivity contribution >= 4 is 34.7 Å². The molecule has 2 spiro atoms. The number of aryl methyl sites for hydroxylation is 2. The van der Waals surface area contributed by atoms with Gasteiger partial charge in [0.1, 0.15) is 23.0 Å². The summed E-state index contributed by atoms with van der Waals surface area (Å²) >= 11 is 0. The Morgan fingerprint density at radius 1 is 0.600 bits per heavy atom. The maximum atomic E-state index is 14.8. The van der Waals surface area contributed by atoms with E-state index in [1.807, 2.05) is 13.8 Å². The summed E-state index contributed by atoms with van der Waals surface area (Å²) < 4.78 is 0. The highest BCUT2D eigenvalue weighted by molar-refractivity contribution is 6.30. The molecule has 8 nitrogen and oxygen atoms in total. The minimum absolute atomic E-state index is 0.0368. The lowest BCUT2D eigenvalue weighted by atomic mass is 9.44. The first-order valence-corrected chi connectivity index (χ1v) is 13.6. The molecule has 4 N–H and O–H groups in total. The molecule has 6 aliphatic rings. The van der Waals surface area contributed by atoms with E-state index in [9.17, 15) is 39.6 Å². The highest BCUT2D eigenvalue weighted by Gasteiger charge is 2.88. The van der Waals surface area contributed by atoms with E-state index in [2.05, 4.69) is 0 Å². The zero-order valence-electron chi connectivity index (χ0n) is 22.2. The first-order chi connectivity index (χ1) is 18.8. The minimum atomic E-state index is -1.75. The Hall–Kier alpha value is -4.20. The van der Waals surface area contributed by atoms with Crippen LogP contribution < -0.4 is 0 Å². The molecule has 8 heteroatoms. The van der Waals surface area contributed by atoms with Crippen LogP contribution in [0.5, 0.6) is 11.5 Å². The highest BCUT2D eigenvalue weighted by Crippen LogP contribution is 2.83. The van der Waals surface area contributed by atoms with Gasteiger partial charge in [-0.15, -0.1) is 0 Å². The predicted octanol–water partition coefficient (Wildman–Crippen LogP) is 4.25. The average molecular weight is 539 g/mol. The second kappa shape index (κ2) is 6.57. The average Bonchev–Trinajstić information content (AvgIpc) is 3.22. The molecule has 0 aromatic heterocycles. The van der Waals surface area contributed by atoms with E-state index < -0.39 is 81.0 Å². The third-order valence-electron chi connectivity index (χ3n) is 11.2. The van der Waals surface area contributed by atoms with Crippen LogP contribution in [0.1, 0.15) is 56.8 Å². The maximum Gasteiger partial charge on any atom is 0.175 e. The molecular formula is C32H26O8. The number of ketones is 4. The minimum Gasteiger partial charge on any atom is -0.507 e. The van der Waals surface area contributed by atoms with Gasteiger partial charge in [0.05, 0.1) is 33.1 Å². The van der Waals surface area contributed by atoms with Crippen molar-refractivity contribution in [3.8, 4) is 11.5 Å². The molecule has 4 fully saturated rings. The number of aliphatic hydroxyl groups is 2. The van der Waals surface area contributed by atoms with E-state index >= 15 is 0 Å². The van der Waals surface area contributed by atoms with E-state index in [1.54, 1.807) is 26.0 Å². The van der Waals surface area contributed by atoms with Crippen LogP contribution >= 0.6 is 0 Å². The van der Waals surface area contributed by atoms with E-state index in [1.165, 1.54) is 12.1 Å². The van der Waals surface area contributed by atoms with Crippen molar-refractivity contribution in [3.05, 3.63) is 68.8 Å². The van der Waals surface area contributed by atoms with Crippen LogP contribution in [0.25, 0.3) is 11.5 Å². The summed E-state index contributed by atoms with van der Waals surface area (Å²) in [5, 5.41) is 44.9. The molecule has 0 amide bonds. The van der Waals surface area contributed by atoms with Crippen LogP contribution in [-0.2, 0) is 9.59 Å². The van der Waals surface area contributed by atoms with Crippen LogP contribution in [0.15, 0.2) is 35.4 Å². The highest BCUT2D eigenvalue weighted by atomic mass is 16.3. The standard InChI is InChI=1S/C32H26O8/c1-9-5-13-17(15(33)7-9)25(35)23-28(38)22-11(3)19-20-12(4)21(31(19,23)29(13)39)27(37)24-26(36)18-14(30(40)32(20,22)24)6-10(2)8-16(18)34/h5-8,11-12,19-22,33-36H,1-4H3/t11-,12-,19+,20+,21+,22+,31-,32-/m1/s1. The predicted molar refractivity (Wildman–Crippen MR) is 141 cm³/mol. The molecule has 0 saturated heterocycles. The SMILES string of the molecule is Cc1cc(O)c2c(c1)C(=O)[C@]13C(=C2O)C(=O)[C@@H]2[C@H](C)[C@H]1[C@@H]1[C@@H](C)[C@H]3C(=O)C3=C(O)c4c(O)cc(C)cc4C(=O)[C@]312. The number of fused-ring (bicyclic) bond motifs is 4. The van der Waals surface area contributed by atoms with Gasteiger partial charge in [-0.1, -0.05) is 13.8 Å². The number of phenols is 2. The Kier molecular flexibility index (Phi) is 3.89. The van der Waals surface area contributed by atoms with E-state index in [-0.39, 0.29) is 44.9 Å². The van der Waals surface area contributed by atoms with Gasteiger partial charge < -0.3 is 20.4 Å². The van der Waals surface area contributed by atoms with Gasteiger partial charge in [-0.05, 0) is 72.9 Å².